The van der Waals surface area contributed by atoms with E-state index in [9.17, 15) is 14.9 Å². The summed E-state index contributed by atoms with van der Waals surface area (Å²) in [5.74, 6) is 2.55. The van der Waals surface area contributed by atoms with Crippen LogP contribution in [0.1, 0.15) is 57.2 Å². The zero-order valence-electron chi connectivity index (χ0n) is 25.7. The van der Waals surface area contributed by atoms with Crippen LogP contribution in [0.5, 0.6) is 28.7 Å². The van der Waals surface area contributed by atoms with Crippen molar-refractivity contribution in [2.24, 2.45) is 0 Å². The third kappa shape index (κ3) is 6.44. The molecule has 1 atom stereocenters. The Kier molecular flexibility index (Phi) is 9.01. The molecule has 3 aliphatic rings. The standard InChI is InChI=1S/C36H34N4O6/c1-43-30-11-9-25-19-32(30)45-16-4-14-38-34(41)12-7-23-5-3-6-28(17-23)46-33-18-24-13-15-40(35(25)29(24)20-31(33)44-2)36(42)26-8-10-27(21-37)39-22-26/h3,5-6,8-11,17-20,22,35H,4,7,12-16H2,1-2H3,(H,38,41). The number of benzene rings is 3. The SMILES string of the molecule is COc1ccc2cc1OCCCNC(=O)CCc1cccc(c1)Oc1cc3c(cc1OC)C2N(C(=O)c1ccc(C#N)nc1)CC3. The highest BCUT2D eigenvalue weighted by Gasteiger charge is 2.35. The number of nitrogens with one attached hydrogen (secondary N) is 1. The van der Waals surface area contributed by atoms with Crippen LogP contribution in [0.4, 0.5) is 0 Å². The first-order valence-corrected chi connectivity index (χ1v) is 15.2. The van der Waals surface area contributed by atoms with Crippen LogP contribution < -0.4 is 24.3 Å². The molecule has 4 heterocycles. The quantitative estimate of drug-likeness (QED) is 0.325. The van der Waals surface area contributed by atoms with Crippen LogP contribution in [0, 0.1) is 11.3 Å². The van der Waals surface area contributed by atoms with Crippen molar-refractivity contribution in [2.45, 2.75) is 31.7 Å². The first-order chi connectivity index (χ1) is 22.5. The maximum Gasteiger partial charge on any atom is 0.256 e. The molecule has 3 aromatic carbocycles. The number of amides is 2. The van der Waals surface area contributed by atoms with Gasteiger partial charge in [0.05, 0.1) is 32.4 Å². The van der Waals surface area contributed by atoms with Crippen LogP contribution in [-0.4, -0.2) is 55.6 Å². The summed E-state index contributed by atoms with van der Waals surface area (Å²) < 4.78 is 24.0. The predicted molar refractivity (Wildman–Crippen MR) is 169 cm³/mol. The average molecular weight is 619 g/mol. The van der Waals surface area contributed by atoms with Gasteiger partial charge in [-0.05, 0) is 90.0 Å². The lowest BCUT2D eigenvalue weighted by molar-refractivity contribution is -0.121. The molecule has 46 heavy (non-hydrogen) atoms. The Hall–Kier alpha value is -5.56. The summed E-state index contributed by atoms with van der Waals surface area (Å²) in [6, 6.07) is 21.9. The Bertz CT molecular complexity index is 1800. The molecular formula is C36H34N4O6. The molecule has 0 fully saturated rings. The summed E-state index contributed by atoms with van der Waals surface area (Å²) in [5, 5.41) is 12.2. The number of pyridine rings is 1. The van der Waals surface area contributed by atoms with E-state index >= 15 is 0 Å². The van der Waals surface area contributed by atoms with Gasteiger partial charge in [0.15, 0.2) is 23.0 Å². The van der Waals surface area contributed by atoms with E-state index in [1.165, 1.54) is 6.20 Å². The van der Waals surface area contributed by atoms with E-state index in [0.717, 1.165) is 22.3 Å². The summed E-state index contributed by atoms with van der Waals surface area (Å²) in [6.07, 6.45) is 3.55. The Labute approximate surface area is 267 Å². The molecule has 7 rings (SSSR count). The van der Waals surface area contributed by atoms with Crippen LogP contribution in [0.15, 0.2) is 72.9 Å². The van der Waals surface area contributed by atoms with Crippen molar-refractivity contribution in [1.29, 1.82) is 5.26 Å². The fraction of sp³-hybridized carbons (Fsp3) is 0.278. The predicted octanol–water partition coefficient (Wildman–Crippen LogP) is 5.38. The van der Waals surface area contributed by atoms with Crippen molar-refractivity contribution >= 4 is 11.8 Å². The van der Waals surface area contributed by atoms with Gasteiger partial charge in [-0.3, -0.25) is 9.59 Å². The monoisotopic (exact) mass is 618 g/mol. The minimum absolute atomic E-state index is 0.0330. The number of rotatable bonds is 3. The molecule has 2 amide bonds. The number of carbonyl (C=O) groups is 2. The van der Waals surface area contributed by atoms with Crippen molar-refractivity contribution in [2.75, 3.05) is 33.9 Å². The van der Waals surface area contributed by atoms with Gasteiger partial charge in [-0.2, -0.15) is 5.26 Å². The zero-order valence-corrected chi connectivity index (χ0v) is 25.7. The van der Waals surface area contributed by atoms with E-state index in [2.05, 4.69) is 10.3 Å². The molecule has 10 nitrogen and oxygen atoms in total. The molecule has 8 bridgehead atoms. The molecule has 10 heteroatoms. The second-order valence-corrected chi connectivity index (χ2v) is 11.1. The van der Waals surface area contributed by atoms with Crippen molar-refractivity contribution in [3.8, 4) is 34.8 Å². The maximum atomic E-state index is 14.1. The van der Waals surface area contributed by atoms with Crippen molar-refractivity contribution < 1.29 is 28.5 Å². The largest absolute Gasteiger partial charge is 0.493 e. The van der Waals surface area contributed by atoms with Crippen LogP contribution in [0.25, 0.3) is 0 Å². The van der Waals surface area contributed by atoms with E-state index in [1.807, 2.05) is 65.6 Å². The normalized spacial score (nSPS) is 16.2. The number of aromatic nitrogens is 1. The van der Waals surface area contributed by atoms with Crippen molar-refractivity contribution in [3.63, 3.8) is 0 Å². The number of hydrogen-bond acceptors (Lipinski definition) is 8. The number of methoxy groups -OCH3 is 2. The molecule has 1 N–H and O–H groups in total. The Morgan fingerprint density at radius 1 is 1.00 bits per heavy atom. The number of fused-ring (bicyclic) bond motifs is 8. The lowest BCUT2D eigenvalue weighted by atomic mass is 9.87. The Balaban J connectivity index is 1.47. The third-order valence-corrected chi connectivity index (χ3v) is 8.21. The maximum absolute atomic E-state index is 14.1. The fourth-order valence-corrected chi connectivity index (χ4v) is 5.89. The van der Waals surface area contributed by atoms with Crippen molar-refractivity contribution in [3.05, 3.63) is 106 Å². The summed E-state index contributed by atoms with van der Waals surface area (Å²) in [4.78, 5) is 32.5. The summed E-state index contributed by atoms with van der Waals surface area (Å²) >= 11 is 0. The topological polar surface area (TPSA) is 123 Å². The molecule has 0 saturated heterocycles. The lowest BCUT2D eigenvalue weighted by Gasteiger charge is -2.38. The first kappa shape index (κ1) is 30.5. The van der Waals surface area contributed by atoms with Gasteiger partial charge in [-0.1, -0.05) is 18.2 Å². The van der Waals surface area contributed by atoms with Gasteiger partial charge in [-0.25, -0.2) is 4.98 Å². The number of nitrogens with zero attached hydrogens (tertiary/aromatic N) is 3. The third-order valence-electron chi connectivity index (χ3n) is 8.21. The van der Waals surface area contributed by atoms with E-state index in [1.54, 1.807) is 26.4 Å². The zero-order chi connectivity index (χ0) is 32.0. The molecule has 0 saturated carbocycles. The smallest absolute Gasteiger partial charge is 0.256 e. The number of aryl methyl sites for hydroxylation is 1. The van der Waals surface area contributed by atoms with Gasteiger partial charge in [-0.15, -0.1) is 0 Å². The minimum Gasteiger partial charge on any atom is -0.493 e. The molecule has 0 radical (unpaired) electrons. The Morgan fingerprint density at radius 2 is 1.87 bits per heavy atom. The second kappa shape index (κ2) is 13.6. The first-order valence-electron chi connectivity index (χ1n) is 15.2. The van der Waals surface area contributed by atoms with Gasteiger partial charge in [0.1, 0.15) is 17.5 Å². The number of ether oxygens (including phenoxy) is 4. The van der Waals surface area contributed by atoms with E-state index in [-0.39, 0.29) is 17.5 Å². The second-order valence-electron chi connectivity index (χ2n) is 11.1. The van der Waals surface area contributed by atoms with E-state index < -0.39 is 6.04 Å². The molecule has 0 spiro atoms. The summed E-state index contributed by atoms with van der Waals surface area (Å²) in [5.41, 5.74) is 4.34. The van der Waals surface area contributed by atoms with Gasteiger partial charge >= 0.3 is 0 Å². The molecule has 1 unspecified atom stereocenters. The minimum atomic E-state index is -0.503. The molecule has 234 valence electrons. The van der Waals surface area contributed by atoms with E-state index in [0.29, 0.717) is 79.7 Å². The average Bonchev–Trinajstić information content (AvgIpc) is 3.09. The Morgan fingerprint density at radius 3 is 2.65 bits per heavy atom. The van der Waals surface area contributed by atoms with Gasteiger partial charge < -0.3 is 29.2 Å². The van der Waals surface area contributed by atoms with E-state index in [4.69, 9.17) is 18.9 Å². The number of nitriles is 1. The molecule has 4 aromatic rings. The van der Waals surface area contributed by atoms with Crippen LogP contribution in [0.3, 0.4) is 0 Å². The summed E-state index contributed by atoms with van der Waals surface area (Å²) in [6.45, 7) is 1.26. The van der Waals surface area contributed by atoms with Crippen LogP contribution in [0.2, 0.25) is 0 Å². The highest BCUT2D eigenvalue weighted by atomic mass is 16.5. The van der Waals surface area contributed by atoms with Crippen LogP contribution in [-0.2, 0) is 17.6 Å². The van der Waals surface area contributed by atoms with Crippen LogP contribution >= 0.6 is 0 Å². The highest BCUT2D eigenvalue weighted by Crippen LogP contribution is 2.44. The molecule has 0 aliphatic carbocycles. The highest BCUT2D eigenvalue weighted by molar-refractivity contribution is 5.94. The number of carbonyl (C=O) groups excluding carboxylic acids is 2. The molecular weight excluding hydrogens is 584 g/mol. The van der Waals surface area contributed by atoms with Crippen molar-refractivity contribution in [1.82, 2.24) is 15.2 Å². The lowest BCUT2D eigenvalue weighted by Crippen LogP contribution is -2.40. The molecule has 3 aliphatic heterocycles. The van der Waals surface area contributed by atoms with Gasteiger partial charge in [0, 0.05) is 25.7 Å². The summed E-state index contributed by atoms with van der Waals surface area (Å²) in [7, 11) is 3.17. The molecule has 1 aromatic heterocycles. The number of hydrogen-bond donors (Lipinski definition) is 1. The van der Waals surface area contributed by atoms with Gasteiger partial charge in [0.25, 0.3) is 5.91 Å². The fourth-order valence-electron chi connectivity index (χ4n) is 5.89. The van der Waals surface area contributed by atoms with Gasteiger partial charge in [0.2, 0.25) is 5.91 Å².